The van der Waals surface area contributed by atoms with Crippen LogP contribution in [-0.2, 0) is 11.2 Å². The van der Waals surface area contributed by atoms with Gasteiger partial charge in [0.1, 0.15) is 0 Å². The van der Waals surface area contributed by atoms with Crippen molar-refractivity contribution >= 4 is 11.6 Å². The van der Waals surface area contributed by atoms with E-state index in [4.69, 9.17) is 16.3 Å². The fourth-order valence-electron chi connectivity index (χ4n) is 2.02. The number of halogens is 1. The number of benzene rings is 1. The second-order valence-electron chi connectivity index (χ2n) is 4.76. The van der Waals surface area contributed by atoms with Crippen molar-refractivity contribution in [3.8, 4) is 0 Å². The molecule has 0 N–H and O–H groups in total. The summed E-state index contributed by atoms with van der Waals surface area (Å²) >= 11 is 6.12. The minimum atomic E-state index is 0.0918. The SMILES string of the molecule is COCC(Cl)CN(C)CCCCc1ccccc1. The number of alkyl halides is 1. The molecule has 0 radical (unpaired) electrons. The molecule has 3 heteroatoms. The Kier molecular flexibility index (Phi) is 8.06. The zero-order chi connectivity index (χ0) is 13.2. The molecule has 2 nitrogen and oxygen atoms in total. The summed E-state index contributed by atoms with van der Waals surface area (Å²) in [5.41, 5.74) is 1.43. The molecule has 0 aromatic heterocycles. The predicted octanol–water partition coefficient (Wildman–Crippen LogP) is 3.19. The Morgan fingerprint density at radius 3 is 2.61 bits per heavy atom. The lowest BCUT2D eigenvalue weighted by atomic mass is 10.1. The van der Waals surface area contributed by atoms with Gasteiger partial charge in [0, 0.05) is 13.7 Å². The van der Waals surface area contributed by atoms with E-state index in [0.29, 0.717) is 6.61 Å². The van der Waals surface area contributed by atoms with Crippen LogP contribution in [0.2, 0.25) is 0 Å². The molecule has 18 heavy (non-hydrogen) atoms. The van der Waals surface area contributed by atoms with Crippen LogP contribution < -0.4 is 0 Å². The zero-order valence-corrected chi connectivity index (χ0v) is 12.2. The normalized spacial score (nSPS) is 12.9. The third-order valence-electron chi connectivity index (χ3n) is 2.96. The van der Waals surface area contributed by atoms with Crippen molar-refractivity contribution in [1.29, 1.82) is 0 Å². The highest BCUT2D eigenvalue weighted by molar-refractivity contribution is 6.20. The van der Waals surface area contributed by atoms with Crippen molar-refractivity contribution in [3.63, 3.8) is 0 Å². The van der Waals surface area contributed by atoms with E-state index in [0.717, 1.165) is 19.5 Å². The average molecular weight is 270 g/mol. The van der Waals surface area contributed by atoms with Gasteiger partial charge in [0.2, 0.25) is 0 Å². The average Bonchev–Trinajstić information content (AvgIpc) is 2.36. The topological polar surface area (TPSA) is 12.5 Å². The van der Waals surface area contributed by atoms with Crippen LogP contribution in [0.4, 0.5) is 0 Å². The molecule has 0 amide bonds. The van der Waals surface area contributed by atoms with E-state index in [1.807, 2.05) is 0 Å². The van der Waals surface area contributed by atoms with Gasteiger partial charge in [-0.15, -0.1) is 11.6 Å². The Morgan fingerprint density at radius 2 is 1.94 bits per heavy atom. The van der Waals surface area contributed by atoms with Crippen molar-refractivity contribution in [2.75, 3.05) is 33.9 Å². The summed E-state index contributed by atoms with van der Waals surface area (Å²) in [6.07, 6.45) is 3.60. The first kappa shape index (κ1) is 15.5. The third kappa shape index (κ3) is 7.00. The highest BCUT2D eigenvalue weighted by atomic mass is 35.5. The van der Waals surface area contributed by atoms with Crippen LogP contribution in [0.1, 0.15) is 18.4 Å². The van der Waals surface area contributed by atoms with E-state index < -0.39 is 0 Å². The lowest BCUT2D eigenvalue weighted by Gasteiger charge is -2.19. The van der Waals surface area contributed by atoms with Crippen LogP contribution in [0.25, 0.3) is 0 Å². The number of aryl methyl sites for hydroxylation is 1. The number of hydrogen-bond donors (Lipinski definition) is 0. The molecule has 1 aromatic carbocycles. The quantitative estimate of drug-likeness (QED) is 0.504. The maximum absolute atomic E-state index is 6.12. The van der Waals surface area contributed by atoms with Gasteiger partial charge in [-0.3, -0.25) is 0 Å². The van der Waals surface area contributed by atoms with Crippen LogP contribution >= 0.6 is 11.6 Å². The van der Waals surface area contributed by atoms with Crippen molar-refractivity contribution in [2.24, 2.45) is 0 Å². The lowest BCUT2D eigenvalue weighted by molar-refractivity contribution is 0.182. The molecule has 0 aliphatic heterocycles. The predicted molar refractivity (Wildman–Crippen MR) is 78.4 cm³/mol. The Balaban J connectivity index is 2.07. The summed E-state index contributed by atoms with van der Waals surface area (Å²) in [6.45, 7) is 2.61. The second kappa shape index (κ2) is 9.37. The number of hydrogen-bond acceptors (Lipinski definition) is 2. The first-order valence-corrected chi connectivity index (χ1v) is 7.01. The Bertz CT molecular complexity index is 305. The van der Waals surface area contributed by atoms with Crippen molar-refractivity contribution in [2.45, 2.75) is 24.6 Å². The summed E-state index contributed by atoms with van der Waals surface area (Å²) in [4.78, 5) is 2.28. The molecule has 0 fully saturated rings. The summed E-state index contributed by atoms with van der Waals surface area (Å²) in [7, 11) is 3.81. The van der Waals surface area contributed by atoms with Crippen molar-refractivity contribution in [3.05, 3.63) is 35.9 Å². The minimum absolute atomic E-state index is 0.0918. The Morgan fingerprint density at radius 1 is 1.22 bits per heavy atom. The second-order valence-corrected chi connectivity index (χ2v) is 5.37. The molecular formula is C15H24ClNO. The first-order valence-electron chi connectivity index (χ1n) is 6.58. The number of methoxy groups -OCH3 is 1. The summed E-state index contributed by atoms with van der Waals surface area (Å²) in [5.74, 6) is 0. The molecule has 0 heterocycles. The smallest absolute Gasteiger partial charge is 0.0696 e. The largest absolute Gasteiger partial charge is 0.383 e. The van der Waals surface area contributed by atoms with Crippen LogP contribution in [0.3, 0.4) is 0 Å². The van der Waals surface area contributed by atoms with E-state index in [-0.39, 0.29) is 5.38 Å². The fraction of sp³-hybridized carbons (Fsp3) is 0.600. The number of unbranched alkanes of at least 4 members (excludes halogenated alkanes) is 1. The molecule has 1 atom stereocenters. The molecule has 1 rings (SSSR count). The molecule has 0 aliphatic rings. The molecule has 0 aliphatic carbocycles. The molecule has 1 aromatic rings. The van der Waals surface area contributed by atoms with Gasteiger partial charge >= 0.3 is 0 Å². The monoisotopic (exact) mass is 269 g/mol. The summed E-state index contributed by atoms with van der Waals surface area (Å²) < 4.78 is 5.03. The fourth-order valence-corrected chi connectivity index (χ4v) is 2.38. The maximum Gasteiger partial charge on any atom is 0.0696 e. The molecule has 0 saturated heterocycles. The molecule has 0 bridgehead atoms. The van der Waals surface area contributed by atoms with E-state index in [2.05, 4.69) is 42.3 Å². The highest BCUT2D eigenvalue weighted by Gasteiger charge is 2.07. The maximum atomic E-state index is 6.12. The van der Waals surface area contributed by atoms with Gasteiger partial charge in [-0.05, 0) is 38.4 Å². The van der Waals surface area contributed by atoms with E-state index in [1.165, 1.54) is 18.4 Å². The summed E-state index contributed by atoms with van der Waals surface area (Å²) in [5, 5.41) is 0.0918. The van der Waals surface area contributed by atoms with Gasteiger partial charge in [0.05, 0.1) is 12.0 Å². The third-order valence-corrected chi connectivity index (χ3v) is 3.22. The first-order chi connectivity index (χ1) is 8.72. The van der Waals surface area contributed by atoms with Gasteiger partial charge in [-0.2, -0.15) is 0 Å². The standard InChI is InChI=1S/C15H24ClNO/c1-17(12-15(16)13-18-2)11-7-6-10-14-8-4-3-5-9-14/h3-5,8-9,15H,6-7,10-13H2,1-2H3. The molecule has 102 valence electrons. The van der Waals surface area contributed by atoms with E-state index in [1.54, 1.807) is 7.11 Å². The van der Waals surface area contributed by atoms with Crippen molar-refractivity contribution in [1.82, 2.24) is 4.90 Å². The number of nitrogens with zero attached hydrogens (tertiary/aromatic N) is 1. The molecular weight excluding hydrogens is 246 g/mol. The van der Waals surface area contributed by atoms with Gasteiger partial charge in [-0.1, -0.05) is 30.3 Å². The van der Waals surface area contributed by atoms with E-state index >= 15 is 0 Å². The van der Waals surface area contributed by atoms with Crippen molar-refractivity contribution < 1.29 is 4.74 Å². The van der Waals surface area contributed by atoms with Crippen LogP contribution in [0.15, 0.2) is 30.3 Å². The van der Waals surface area contributed by atoms with Crippen LogP contribution in [0, 0.1) is 0 Å². The number of ether oxygens (including phenoxy) is 1. The Labute approximate surface area is 116 Å². The molecule has 1 unspecified atom stereocenters. The molecule has 0 spiro atoms. The van der Waals surface area contributed by atoms with Gasteiger partial charge in [0.15, 0.2) is 0 Å². The van der Waals surface area contributed by atoms with Crippen LogP contribution in [0.5, 0.6) is 0 Å². The minimum Gasteiger partial charge on any atom is -0.383 e. The Hall–Kier alpha value is -0.570. The zero-order valence-electron chi connectivity index (χ0n) is 11.4. The molecule has 0 saturated carbocycles. The van der Waals surface area contributed by atoms with Gasteiger partial charge in [0.25, 0.3) is 0 Å². The van der Waals surface area contributed by atoms with Gasteiger partial charge in [-0.25, -0.2) is 0 Å². The highest BCUT2D eigenvalue weighted by Crippen LogP contribution is 2.06. The summed E-state index contributed by atoms with van der Waals surface area (Å²) in [6, 6.07) is 10.6. The van der Waals surface area contributed by atoms with E-state index in [9.17, 15) is 0 Å². The van der Waals surface area contributed by atoms with Gasteiger partial charge < -0.3 is 9.64 Å². The number of rotatable bonds is 9. The lowest BCUT2D eigenvalue weighted by Crippen LogP contribution is -2.29. The van der Waals surface area contributed by atoms with Crippen LogP contribution in [-0.4, -0.2) is 44.1 Å².